The van der Waals surface area contributed by atoms with Crippen LogP contribution in [0, 0.1) is 5.41 Å². The first-order chi connectivity index (χ1) is 16.9. The van der Waals surface area contributed by atoms with Crippen molar-refractivity contribution in [1.29, 1.82) is 0 Å². The van der Waals surface area contributed by atoms with Crippen LogP contribution in [0.1, 0.15) is 181 Å². The molecule has 0 fully saturated rings. The van der Waals surface area contributed by atoms with Crippen LogP contribution in [-0.4, -0.2) is 16.4 Å². The van der Waals surface area contributed by atoms with Gasteiger partial charge in [-0.3, -0.25) is 4.52 Å². The number of phosphoric ester groups is 1. The minimum Gasteiger partial charge on any atom is -0.303 e. The SMILES string of the molecule is CCCCCCCCC(CCCCCCCC)(CCCCCCCC)CCCCCOP(=O)(O)O. The molecule has 0 unspecified atom stereocenters. The summed E-state index contributed by atoms with van der Waals surface area (Å²) in [6, 6.07) is 0. The Morgan fingerprint density at radius 3 is 1.09 bits per heavy atom. The van der Waals surface area contributed by atoms with Crippen LogP contribution in [0.25, 0.3) is 0 Å². The van der Waals surface area contributed by atoms with Crippen molar-refractivity contribution in [2.24, 2.45) is 5.41 Å². The quantitative estimate of drug-likeness (QED) is 0.0798. The average Bonchev–Trinajstić information content (AvgIpc) is 2.82. The van der Waals surface area contributed by atoms with Gasteiger partial charge in [0, 0.05) is 0 Å². The summed E-state index contributed by atoms with van der Waals surface area (Å²) in [4.78, 5) is 17.8. The third kappa shape index (κ3) is 24.2. The zero-order valence-electron chi connectivity index (χ0n) is 24.0. The van der Waals surface area contributed by atoms with Gasteiger partial charge in [0.2, 0.25) is 0 Å². The molecule has 0 rings (SSSR count). The minimum absolute atomic E-state index is 0.170. The van der Waals surface area contributed by atoms with Crippen LogP contribution in [0.2, 0.25) is 0 Å². The molecule has 0 radical (unpaired) electrons. The molecule has 0 aliphatic rings. The van der Waals surface area contributed by atoms with Crippen molar-refractivity contribution < 1.29 is 18.9 Å². The van der Waals surface area contributed by atoms with Gasteiger partial charge < -0.3 is 9.79 Å². The van der Waals surface area contributed by atoms with E-state index in [0.717, 1.165) is 19.3 Å². The van der Waals surface area contributed by atoms with E-state index in [2.05, 4.69) is 25.3 Å². The molecule has 0 saturated carbocycles. The van der Waals surface area contributed by atoms with E-state index in [1.54, 1.807) is 0 Å². The summed E-state index contributed by atoms with van der Waals surface area (Å²) in [5, 5.41) is 0. The second-order valence-electron chi connectivity index (χ2n) is 11.2. The first kappa shape index (κ1) is 35.1. The van der Waals surface area contributed by atoms with Crippen LogP contribution in [-0.2, 0) is 9.09 Å². The Hall–Kier alpha value is 0.110. The fourth-order valence-corrected chi connectivity index (χ4v) is 5.92. The summed E-state index contributed by atoms with van der Waals surface area (Å²) < 4.78 is 15.6. The van der Waals surface area contributed by atoms with E-state index in [0.29, 0.717) is 5.41 Å². The summed E-state index contributed by atoms with van der Waals surface area (Å²) in [7, 11) is -4.33. The average molecular weight is 519 g/mol. The van der Waals surface area contributed by atoms with E-state index in [9.17, 15) is 4.57 Å². The summed E-state index contributed by atoms with van der Waals surface area (Å²) >= 11 is 0. The molecule has 4 nitrogen and oxygen atoms in total. The molecule has 0 saturated heterocycles. The maximum atomic E-state index is 10.9. The zero-order chi connectivity index (χ0) is 26.1. The highest BCUT2D eigenvalue weighted by atomic mass is 31.2. The van der Waals surface area contributed by atoms with Crippen LogP contribution in [0.3, 0.4) is 0 Å². The standard InChI is InChI=1S/C30H63O4P/c1-4-7-10-13-16-20-25-30(26-21-17-14-11-8-5-2,27-22-18-15-12-9-6-3)28-23-19-24-29-34-35(31,32)33/h4-29H2,1-3H3,(H2,31,32,33). The van der Waals surface area contributed by atoms with Crippen LogP contribution in [0.5, 0.6) is 0 Å². The molecule has 2 N–H and O–H groups in total. The molecule has 5 heteroatoms. The highest BCUT2D eigenvalue weighted by Crippen LogP contribution is 2.42. The van der Waals surface area contributed by atoms with Crippen LogP contribution in [0.4, 0.5) is 0 Å². The fraction of sp³-hybridized carbons (Fsp3) is 1.00. The van der Waals surface area contributed by atoms with Crippen molar-refractivity contribution >= 4 is 7.82 Å². The van der Waals surface area contributed by atoms with E-state index >= 15 is 0 Å². The molecule has 0 aromatic heterocycles. The smallest absolute Gasteiger partial charge is 0.303 e. The largest absolute Gasteiger partial charge is 0.469 e. The summed E-state index contributed by atoms with van der Waals surface area (Å²) in [5.74, 6) is 0. The Labute approximate surface area is 220 Å². The lowest BCUT2D eigenvalue weighted by molar-refractivity contribution is 0.166. The minimum atomic E-state index is -4.33. The number of phosphoric acid groups is 1. The van der Waals surface area contributed by atoms with E-state index in [4.69, 9.17) is 9.79 Å². The van der Waals surface area contributed by atoms with Crippen molar-refractivity contribution in [2.75, 3.05) is 6.61 Å². The number of hydrogen-bond acceptors (Lipinski definition) is 2. The van der Waals surface area contributed by atoms with Crippen LogP contribution in [0.15, 0.2) is 0 Å². The van der Waals surface area contributed by atoms with Gasteiger partial charge in [-0.2, -0.15) is 0 Å². The molecule has 0 amide bonds. The van der Waals surface area contributed by atoms with Gasteiger partial charge in [0.1, 0.15) is 0 Å². The lowest BCUT2D eigenvalue weighted by Gasteiger charge is -2.35. The van der Waals surface area contributed by atoms with Crippen molar-refractivity contribution in [3.05, 3.63) is 0 Å². The third-order valence-electron chi connectivity index (χ3n) is 7.79. The Morgan fingerprint density at radius 1 is 0.486 bits per heavy atom. The van der Waals surface area contributed by atoms with Gasteiger partial charge in [0.25, 0.3) is 0 Å². The van der Waals surface area contributed by atoms with Crippen molar-refractivity contribution in [2.45, 2.75) is 181 Å². The van der Waals surface area contributed by atoms with Crippen LogP contribution < -0.4 is 0 Å². The predicted octanol–water partition coefficient (Wildman–Crippen LogP) is 10.9. The normalized spacial score (nSPS) is 12.5. The summed E-state index contributed by atoms with van der Waals surface area (Å²) in [6.07, 6.45) is 32.9. The highest BCUT2D eigenvalue weighted by Gasteiger charge is 2.28. The molecule has 0 aliphatic carbocycles. The second kappa shape index (κ2) is 24.4. The number of rotatable bonds is 28. The Morgan fingerprint density at radius 2 is 0.771 bits per heavy atom. The molecular weight excluding hydrogens is 455 g/mol. The number of hydrogen-bond donors (Lipinski definition) is 2. The third-order valence-corrected chi connectivity index (χ3v) is 8.31. The van der Waals surface area contributed by atoms with Crippen molar-refractivity contribution in [3.63, 3.8) is 0 Å². The molecular formula is C30H63O4P. The maximum absolute atomic E-state index is 10.9. The van der Waals surface area contributed by atoms with Gasteiger partial charge in [0.15, 0.2) is 0 Å². The molecule has 0 atom stereocenters. The summed E-state index contributed by atoms with van der Waals surface area (Å²) in [5.41, 5.74) is 0.477. The van der Waals surface area contributed by atoms with Gasteiger partial charge in [0.05, 0.1) is 6.61 Å². The number of unbranched alkanes of at least 4 members (excludes halogenated alkanes) is 17. The first-order valence-electron chi connectivity index (χ1n) is 15.6. The highest BCUT2D eigenvalue weighted by molar-refractivity contribution is 7.46. The van der Waals surface area contributed by atoms with Crippen molar-refractivity contribution in [1.82, 2.24) is 0 Å². The van der Waals surface area contributed by atoms with E-state index in [1.165, 1.54) is 141 Å². The van der Waals surface area contributed by atoms with Gasteiger partial charge in [-0.15, -0.1) is 0 Å². The van der Waals surface area contributed by atoms with Gasteiger partial charge >= 0.3 is 7.82 Å². The van der Waals surface area contributed by atoms with Gasteiger partial charge in [-0.1, -0.05) is 149 Å². The van der Waals surface area contributed by atoms with E-state index < -0.39 is 7.82 Å². The monoisotopic (exact) mass is 518 g/mol. The molecule has 0 bridgehead atoms. The molecule has 0 spiro atoms. The predicted molar refractivity (Wildman–Crippen MR) is 153 cm³/mol. The lowest BCUT2D eigenvalue weighted by atomic mass is 9.70. The van der Waals surface area contributed by atoms with Crippen LogP contribution >= 0.6 is 7.82 Å². The Balaban J connectivity index is 4.84. The lowest BCUT2D eigenvalue weighted by Crippen LogP contribution is -2.21. The van der Waals surface area contributed by atoms with Gasteiger partial charge in [-0.25, -0.2) is 4.57 Å². The Kier molecular flexibility index (Phi) is 24.5. The maximum Gasteiger partial charge on any atom is 0.469 e. The molecule has 212 valence electrons. The molecule has 0 aromatic carbocycles. The molecule has 0 aromatic rings. The molecule has 0 heterocycles. The summed E-state index contributed by atoms with van der Waals surface area (Å²) in [6.45, 7) is 7.04. The molecule has 35 heavy (non-hydrogen) atoms. The zero-order valence-corrected chi connectivity index (χ0v) is 24.9. The van der Waals surface area contributed by atoms with Gasteiger partial charge in [-0.05, 0) is 37.5 Å². The van der Waals surface area contributed by atoms with E-state index in [-0.39, 0.29) is 6.61 Å². The van der Waals surface area contributed by atoms with Crippen molar-refractivity contribution in [3.8, 4) is 0 Å². The Bertz CT molecular complexity index is 436. The first-order valence-corrected chi connectivity index (χ1v) is 17.1. The topological polar surface area (TPSA) is 66.8 Å². The second-order valence-corrected chi connectivity index (χ2v) is 12.4. The fourth-order valence-electron chi connectivity index (χ4n) is 5.55. The molecule has 0 aliphatic heterocycles. The van der Waals surface area contributed by atoms with E-state index in [1.807, 2.05) is 0 Å².